The van der Waals surface area contributed by atoms with E-state index in [1.165, 1.54) is 25.7 Å². The molecule has 0 amide bonds. The molecule has 2 bridgehead atoms. The van der Waals surface area contributed by atoms with E-state index in [0.29, 0.717) is 0 Å². The second-order valence-electron chi connectivity index (χ2n) is 4.47. The molecule has 11 heavy (non-hydrogen) atoms. The fraction of sp³-hybridized carbons (Fsp3) is 1.00. The average Bonchev–Trinajstić information content (AvgIpc) is 2.34. The van der Waals surface area contributed by atoms with Gasteiger partial charge in [-0.3, -0.25) is 0 Å². The molecule has 4 atom stereocenters. The van der Waals surface area contributed by atoms with Crippen molar-refractivity contribution in [3.63, 3.8) is 0 Å². The van der Waals surface area contributed by atoms with Gasteiger partial charge >= 0.3 is 0 Å². The summed E-state index contributed by atoms with van der Waals surface area (Å²) in [6.07, 6.45) is 5.98. The summed E-state index contributed by atoms with van der Waals surface area (Å²) in [6, 6.07) is 0.828. The van der Waals surface area contributed by atoms with Crippen molar-refractivity contribution < 1.29 is 0 Å². The first-order valence-corrected chi connectivity index (χ1v) is 4.98. The Kier molecular flexibility index (Phi) is 1.92. The molecule has 0 heterocycles. The minimum atomic E-state index is 0.828. The molecule has 0 aromatic carbocycles. The van der Waals surface area contributed by atoms with Gasteiger partial charge in [0.25, 0.3) is 0 Å². The van der Waals surface area contributed by atoms with E-state index in [1.54, 1.807) is 0 Å². The minimum Gasteiger partial charge on any atom is -0.316 e. The van der Waals surface area contributed by atoms with E-state index < -0.39 is 0 Å². The number of fused-ring (bicyclic) bond motifs is 2. The summed E-state index contributed by atoms with van der Waals surface area (Å²) in [4.78, 5) is 0. The van der Waals surface area contributed by atoms with E-state index in [2.05, 4.69) is 19.3 Å². The van der Waals surface area contributed by atoms with Gasteiger partial charge in [0.15, 0.2) is 0 Å². The highest BCUT2D eigenvalue weighted by atomic mass is 14.9. The molecule has 2 rings (SSSR count). The molecule has 4 unspecified atom stereocenters. The minimum absolute atomic E-state index is 0.828. The van der Waals surface area contributed by atoms with Crippen LogP contribution in [0.15, 0.2) is 0 Å². The predicted molar refractivity (Wildman–Crippen MR) is 47.5 cm³/mol. The maximum Gasteiger partial charge on any atom is 0.0118 e. The molecule has 0 aromatic rings. The van der Waals surface area contributed by atoms with Gasteiger partial charge in [-0.05, 0) is 44.1 Å². The van der Waals surface area contributed by atoms with E-state index in [-0.39, 0.29) is 0 Å². The van der Waals surface area contributed by atoms with E-state index in [9.17, 15) is 0 Å². The van der Waals surface area contributed by atoms with Crippen molar-refractivity contribution in [3.8, 4) is 0 Å². The van der Waals surface area contributed by atoms with Crippen LogP contribution in [0.5, 0.6) is 0 Å². The summed E-state index contributed by atoms with van der Waals surface area (Å²) in [5.74, 6) is 3.01. The third-order valence-electron chi connectivity index (χ3n) is 3.74. The lowest BCUT2D eigenvalue weighted by atomic mass is 9.78. The highest BCUT2D eigenvalue weighted by molar-refractivity contribution is 4.93. The first kappa shape index (κ1) is 7.60. The maximum atomic E-state index is 3.48. The quantitative estimate of drug-likeness (QED) is 0.608. The lowest BCUT2D eigenvalue weighted by Gasteiger charge is -2.34. The lowest BCUT2D eigenvalue weighted by Crippen LogP contribution is -2.41. The van der Waals surface area contributed by atoms with Crippen LogP contribution in [0.25, 0.3) is 0 Å². The molecule has 0 spiro atoms. The van der Waals surface area contributed by atoms with E-state index >= 15 is 0 Å². The van der Waals surface area contributed by atoms with E-state index in [1.807, 2.05) is 0 Å². The van der Waals surface area contributed by atoms with Gasteiger partial charge in [0.2, 0.25) is 0 Å². The monoisotopic (exact) mass is 153 g/mol. The topological polar surface area (TPSA) is 12.0 Å². The normalized spacial score (nSPS) is 49.6. The zero-order valence-corrected chi connectivity index (χ0v) is 7.64. The fourth-order valence-corrected chi connectivity index (χ4v) is 3.31. The van der Waals surface area contributed by atoms with Crippen LogP contribution in [0.1, 0.15) is 32.6 Å². The second-order valence-corrected chi connectivity index (χ2v) is 4.47. The van der Waals surface area contributed by atoms with Crippen LogP contribution < -0.4 is 5.32 Å². The third kappa shape index (κ3) is 1.20. The highest BCUT2D eigenvalue weighted by Crippen LogP contribution is 2.44. The summed E-state index contributed by atoms with van der Waals surface area (Å²) < 4.78 is 0. The van der Waals surface area contributed by atoms with Crippen LogP contribution in [0.4, 0.5) is 0 Å². The smallest absolute Gasteiger partial charge is 0.0118 e. The Morgan fingerprint density at radius 1 is 1.18 bits per heavy atom. The Hall–Kier alpha value is -0.0400. The molecule has 1 N–H and O–H groups in total. The van der Waals surface area contributed by atoms with Gasteiger partial charge in [0.1, 0.15) is 0 Å². The van der Waals surface area contributed by atoms with Gasteiger partial charge in [0.05, 0.1) is 0 Å². The molecule has 2 aliphatic carbocycles. The average molecular weight is 153 g/mol. The Bertz CT molecular complexity index is 144. The SMILES string of the molecule is CNC1C(C)CC2CCC1C2. The third-order valence-corrected chi connectivity index (χ3v) is 3.74. The maximum absolute atomic E-state index is 3.48. The van der Waals surface area contributed by atoms with Crippen molar-refractivity contribution in [2.24, 2.45) is 17.8 Å². The molecule has 0 saturated heterocycles. The Morgan fingerprint density at radius 2 is 2.00 bits per heavy atom. The number of nitrogens with one attached hydrogen (secondary N) is 1. The molecule has 0 aromatic heterocycles. The van der Waals surface area contributed by atoms with Crippen molar-refractivity contribution in [2.45, 2.75) is 38.6 Å². The van der Waals surface area contributed by atoms with Crippen molar-refractivity contribution in [3.05, 3.63) is 0 Å². The standard InChI is InChI=1S/C10H19N/c1-7-5-8-3-4-9(6-8)10(7)11-2/h7-11H,3-6H2,1-2H3. The van der Waals surface area contributed by atoms with Crippen LogP contribution in [-0.2, 0) is 0 Å². The van der Waals surface area contributed by atoms with Crippen LogP contribution in [0.2, 0.25) is 0 Å². The first-order valence-electron chi connectivity index (χ1n) is 4.98. The summed E-state index contributed by atoms with van der Waals surface area (Å²) in [5, 5.41) is 3.48. The van der Waals surface area contributed by atoms with Gasteiger partial charge in [-0.25, -0.2) is 0 Å². The van der Waals surface area contributed by atoms with Crippen LogP contribution in [0.3, 0.4) is 0 Å². The van der Waals surface area contributed by atoms with Crippen molar-refractivity contribution in [1.82, 2.24) is 5.32 Å². The molecule has 2 aliphatic rings. The number of rotatable bonds is 1. The summed E-state index contributed by atoms with van der Waals surface area (Å²) in [6.45, 7) is 2.41. The number of hydrogen-bond donors (Lipinski definition) is 1. The predicted octanol–water partition coefficient (Wildman–Crippen LogP) is 2.03. The van der Waals surface area contributed by atoms with Crippen LogP contribution >= 0.6 is 0 Å². The molecule has 0 radical (unpaired) electrons. The molecule has 0 aliphatic heterocycles. The lowest BCUT2D eigenvalue weighted by molar-refractivity contribution is 0.207. The van der Waals surface area contributed by atoms with E-state index in [0.717, 1.165) is 23.8 Å². The Labute approximate surface area is 69.6 Å². The molecular formula is C10H19N. The fourth-order valence-electron chi connectivity index (χ4n) is 3.31. The molecule has 1 heteroatoms. The van der Waals surface area contributed by atoms with Crippen LogP contribution in [-0.4, -0.2) is 13.1 Å². The summed E-state index contributed by atoms with van der Waals surface area (Å²) >= 11 is 0. The zero-order chi connectivity index (χ0) is 7.84. The Balaban J connectivity index is 2.07. The molecule has 64 valence electrons. The summed E-state index contributed by atoms with van der Waals surface area (Å²) in [5.41, 5.74) is 0. The Morgan fingerprint density at radius 3 is 2.73 bits per heavy atom. The zero-order valence-electron chi connectivity index (χ0n) is 7.64. The molecule has 2 fully saturated rings. The molecule has 1 nitrogen and oxygen atoms in total. The number of hydrogen-bond acceptors (Lipinski definition) is 1. The summed E-state index contributed by atoms with van der Waals surface area (Å²) in [7, 11) is 2.12. The second kappa shape index (κ2) is 2.78. The van der Waals surface area contributed by atoms with Crippen molar-refractivity contribution >= 4 is 0 Å². The van der Waals surface area contributed by atoms with Gasteiger partial charge in [-0.2, -0.15) is 0 Å². The first-order chi connectivity index (χ1) is 5.31. The van der Waals surface area contributed by atoms with Gasteiger partial charge in [0, 0.05) is 6.04 Å². The van der Waals surface area contributed by atoms with Crippen molar-refractivity contribution in [2.75, 3.05) is 7.05 Å². The molecule has 2 saturated carbocycles. The van der Waals surface area contributed by atoms with Crippen molar-refractivity contribution in [1.29, 1.82) is 0 Å². The van der Waals surface area contributed by atoms with Gasteiger partial charge in [-0.15, -0.1) is 0 Å². The highest BCUT2D eigenvalue weighted by Gasteiger charge is 2.38. The molecular weight excluding hydrogens is 134 g/mol. The van der Waals surface area contributed by atoms with Gasteiger partial charge < -0.3 is 5.32 Å². The largest absolute Gasteiger partial charge is 0.316 e. The van der Waals surface area contributed by atoms with E-state index in [4.69, 9.17) is 0 Å². The van der Waals surface area contributed by atoms with Gasteiger partial charge in [-0.1, -0.05) is 13.3 Å². The van der Waals surface area contributed by atoms with Crippen LogP contribution in [0, 0.1) is 17.8 Å².